The quantitative estimate of drug-likeness (QED) is 0.573. The van der Waals surface area contributed by atoms with Crippen molar-refractivity contribution in [2.75, 3.05) is 7.11 Å². The summed E-state index contributed by atoms with van der Waals surface area (Å²) in [7, 11) is 1.77. The van der Waals surface area contributed by atoms with Crippen LogP contribution in [0, 0.1) is 6.04 Å². The Morgan fingerprint density at radius 1 is 1.44 bits per heavy atom. The summed E-state index contributed by atoms with van der Waals surface area (Å²) in [4.78, 5) is 0. The van der Waals surface area contributed by atoms with E-state index in [1.807, 2.05) is 0 Å². The maximum Gasteiger partial charge on any atom is 0.0572 e. The zero-order valence-electron chi connectivity index (χ0n) is 5.89. The first-order valence-electron chi connectivity index (χ1n) is 3.46. The molecule has 0 aromatic heterocycles. The fourth-order valence-corrected chi connectivity index (χ4v) is 1.20. The minimum atomic E-state index is 0.470. The van der Waals surface area contributed by atoms with Gasteiger partial charge in [-0.1, -0.05) is 0 Å². The summed E-state index contributed by atoms with van der Waals surface area (Å²) in [5, 5.41) is 0. The standard InChI is InChI=1S/C7H14NO/c1-9-7-4-2-6(8)3-5-7/h7H,2-5,8H2,1H3. The molecule has 1 radical (unpaired) electrons. The number of rotatable bonds is 1. The second-order valence-corrected chi connectivity index (χ2v) is 2.59. The van der Waals surface area contributed by atoms with Gasteiger partial charge in [0.05, 0.1) is 6.10 Å². The topological polar surface area (TPSA) is 35.2 Å². The molecule has 2 nitrogen and oxygen atoms in total. The van der Waals surface area contributed by atoms with Crippen LogP contribution >= 0.6 is 0 Å². The van der Waals surface area contributed by atoms with E-state index in [1.165, 1.54) is 0 Å². The van der Waals surface area contributed by atoms with Gasteiger partial charge in [-0.05, 0) is 25.7 Å². The lowest BCUT2D eigenvalue weighted by Gasteiger charge is -2.23. The molecule has 0 heterocycles. The Morgan fingerprint density at radius 2 is 2.00 bits per heavy atom. The third-order valence-corrected chi connectivity index (χ3v) is 1.91. The van der Waals surface area contributed by atoms with Gasteiger partial charge in [0, 0.05) is 13.2 Å². The van der Waals surface area contributed by atoms with E-state index in [2.05, 4.69) is 0 Å². The monoisotopic (exact) mass is 128 g/mol. The van der Waals surface area contributed by atoms with E-state index in [1.54, 1.807) is 7.11 Å². The Bertz CT molecular complexity index is 77.0. The van der Waals surface area contributed by atoms with E-state index in [0.717, 1.165) is 31.7 Å². The van der Waals surface area contributed by atoms with Gasteiger partial charge < -0.3 is 10.5 Å². The van der Waals surface area contributed by atoms with Crippen molar-refractivity contribution >= 4 is 0 Å². The summed E-state index contributed by atoms with van der Waals surface area (Å²) in [5.41, 5.74) is 5.61. The fraction of sp³-hybridized carbons (Fsp3) is 0.857. The molecule has 53 valence electrons. The zero-order chi connectivity index (χ0) is 6.69. The highest BCUT2D eigenvalue weighted by molar-refractivity contribution is 4.88. The van der Waals surface area contributed by atoms with Crippen LogP contribution in [-0.2, 0) is 4.74 Å². The van der Waals surface area contributed by atoms with Gasteiger partial charge in [-0.3, -0.25) is 0 Å². The van der Waals surface area contributed by atoms with Gasteiger partial charge in [-0.2, -0.15) is 0 Å². The zero-order valence-corrected chi connectivity index (χ0v) is 5.89. The van der Waals surface area contributed by atoms with Gasteiger partial charge in [0.15, 0.2) is 0 Å². The van der Waals surface area contributed by atoms with E-state index in [0.29, 0.717) is 6.10 Å². The Balaban J connectivity index is 2.18. The molecule has 0 atom stereocenters. The van der Waals surface area contributed by atoms with Crippen LogP contribution in [0.15, 0.2) is 0 Å². The Hall–Kier alpha value is -0.0800. The second-order valence-electron chi connectivity index (χ2n) is 2.59. The van der Waals surface area contributed by atoms with Gasteiger partial charge in [0.2, 0.25) is 0 Å². The van der Waals surface area contributed by atoms with Crippen LogP contribution in [0.1, 0.15) is 25.7 Å². The second kappa shape index (κ2) is 3.18. The first-order chi connectivity index (χ1) is 4.33. The van der Waals surface area contributed by atoms with Crippen molar-refractivity contribution in [1.29, 1.82) is 0 Å². The molecule has 2 N–H and O–H groups in total. The first kappa shape index (κ1) is 7.03. The number of hydrogen-bond acceptors (Lipinski definition) is 2. The van der Waals surface area contributed by atoms with Crippen LogP contribution in [0.2, 0.25) is 0 Å². The largest absolute Gasteiger partial charge is 0.381 e. The molecule has 1 aliphatic rings. The molecule has 1 fully saturated rings. The maximum atomic E-state index is 5.61. The van der Waals surface area contributed by atoms with Crippen LogP contribution < -0.4 is 5.73 Å². The highest BCUT2D eigenvalue weighted by Crippen LogP contribution is 2.22. The highest BCUT2D eigenvalue weighted by atomic mass is 16.5. The Morgan fingerprint density at radius 3 is 2.44 bits per heavy atom. The van der Waals surface area contributed by atoms with Gasteiger partial charge in [-0.25, -0.2) is 0 Å². The molecular weight excluding hydrogens is 114 g/mol. The van der Waals surface area contributed by atoms with Gasteiger partial charge in [0.25, 0.3) is 0 Å². The van der Waals surface area contributed by atoms with Crippen LogP contribution in [0.5, 0.6) is 0 Å². The Kier molecular flexibility index (Phi) is 2.49. The number of hydrogen-bond donors (Lipinski definition) is 1. The molecule has 0 bridgehead atoms. The third kappa shape index (κ3) is 1.95. The summed E-state index contributed by atoms with van der Waals surface area (Å²) in [6.45, 7) is 0. The van der Waals surface area contributed by atoms with Gasteiger partial charge in [-0.15, -0.1) is 0 Å². The lowest BCUT2D eigenvalue weighted by molar-refractivity contribution is 0.0750. The predicted octanol–water partition coefficient (Wildman–Crippen LogP) is 1.07. The molecular formula is C7H14NO. The third-order valence-electron chi connectivity index (χ3n) is 1.91. The number of ether oxygens (including phenoxy) is 1. The molecule has 0 aliphatic heterocycles. The molecule has 0 aromatic carbocycles. The average Bonchev–Trinajstić information content (AvgIpc) is 1.90. The van der Waals surface area contributed by atoms with Crippen molar-refractivity contribution in [3.8, 4) is 0 Å². The Labute approximate surface area is 56.4 Å². The molecule has 1 rings (SSSR count). The normalized spacial score (nSPS) is 24.7. The van der Waals surface area contributed by atoms with Crippen LogP contribution in [0.4, 0.5) is 0 Å². The lowest BCUT2D eigenvalue weighted by atomic mass is 9.94. The molecule has 0 saturated heterocycles. The van der Waals surface area contributed by atoms with Crippen molar-refractivity contribution in [2.45, 2.75) is 31.8 Å². The number of nitrogens with two attached hydrogens (primary N) is 1. The first-order valence-corrected chi connectivity index (χ1v) is 3.46. The minimum Gasteiger partial charge on any atom is -0.381 e. The van der Waals surface area contributed by atoms with Gasteiger partial charge in [0.1, 0.15) is 0 Å². The molecule has 0 spiro atoms. The maximum absolute atomic E-state index is 5.61. The van der Waals surface area contributed by atoms with Gasteiger partial charge >= 0.3 is 0 Å². The summed E-state index contributed by atoms with van der Waals surface area (Å²) < 4.78 is 5.17. The SMILES string of the molecule is COC1CC[C](N)CC1. The summed E-state index contributed by atoms with van der Waals surface area (Å²) in [5.74, 6) is 0. The minimum absolute atomic E-state index is 0.470. The van der Waals surface area contributed by atoms with Crippen molar-refractivity contribution in [3.63, 3.8) is 0 Å². The molecule has 0 amide bonds. The van der Waals surface area contributed by atoms with Crippen LogP contribution in [0.3, 0.4) is 0 Å². The van der Waals surface area contributed by atoms with Crippen molar-refractivity contribution in [2.24, 2.45) is 5.73 Å². The fourth-order valence-electron chi connectivity index (χ4n) is 1.20. The molecule has 1 aliphatic carbocycles. The molecule has 9 heavy (non-hydrogen) atoms. The number of methoxy groups -OCH3 is 1. The van der Waals surface area contributed by atoms with Crippen LogP contribution in [-0.4, -0.2) is 13.2 Å². The smallest absolute Gasteiger partial charge is 0.0572 e. The molecule has 0 aromatic rings. The summed E-state index contributed by atoms with van der Waals surface area (Å²) in [6.07, 6.45) is 4.80. The van der Waals surface area contributed by atoms with Crippen LogP contribution in [0.25, 0.3) is 0 Å². The molecule has 0 unspecified atom stereocenters. The molecule has 2 heteroatoms. The van der Waals surface area contributed by atoms with Crippen molar-refractivity contribution in [1.82, 2.24) is 0 Å². The van der Waals surface area contributed by atoms with Crippen molar-refractivity contribution in [3.05, 3.63) is 6.04 Å². The van der Waals surface area contributed by atoms with E-state index >= 15 is 0 Å². The molecule has 1 saturated carbocycles. The highest BCUT2D eigenvalue weighted by Gasteiger charge is 2.17. The summed E-state index contributed by atoms with van der Waals surface area (Å²) in [6, 6.07) is 1.14. The summed E-state index contributed by atoms with van der Waals surface area (Å²) >= 11 is 0. The van der Waals surface area contributed by atoms with E-state index < -0.39 is 0 Å². The van der Waals surface area contributed by atoms with E-state index in [-0.39, 0.29) is 0 Å². The van der Waals surface area contributed by atoms with E-state index in [9.17, 15) is 0 Å². The lowest BCUT2D eigenvalue weighted by Crippen LogP contribution is -2.23. The van der Waals surface area contributed by atoms with Crippen molar-refractivity contribution < 1.29 is 4.74 Å². The average molecular weight is 128 g/mol. The predicted molar refractivity (Wildman–Crippen MR) is 36.7 cm³/mol. The van der Waals surface area contributed by atoms with E-state index in [4.69, 9.17) is 10.5 Å².